The first-order valence-corrected chi connectivity index (χ1v) is 11.9. The summed E-state index contributed by atoms with van der Waals surface area (Å²) in [7, 11) is 2.03. The van der Waals surface area contributed by atoms with E-state index in [1.54, 1.807) is 0 Å². The number of piperidine rings is 1. The lowest BCUT2D eigenvalue weighted by molar-refractivity contribution is -0.124. The Labute approximate surface area is 194 Å². The van der Waals surface area contributed by atoms with Crippen LogP contribution in [0.1, 0.15) is 53.5 Å². The molecule has 2 aliphatic heterocycles. The van der Waals surface area contributed by atoms with Gasteiger partial charge in [0.05, 0.1) is 11.2 Å². The van der Waals surface area contributed by atoms with Crippen molar-refractivity contribution in [3.05, 3.63) is 59.4 Å². The van der Waals surface area contributed by atoms with Crippen molar-refractivity contribution in [2.45, 2.75) is 51.6 Å². The number of benzene rings is 1. The Morgan fingerprint density at radius 3 is 2.64 bits per heavy atom. The van der Waals surface area contributed by atoms with Crippen LogP contribution in [0.5, 0.6) is 0 Å². The average molecular weight is 449 g/mol. The fraction of sp³-hybridized carbons (Fsp3) is 0.500. The van der Waals surface area contributed by atoms with Crippen molar-refractivity contribution < 1.29 is 14.1 Å². The number of aromatic nitrogens is 3. The van der Waals surface area contributed by atoms with Crippen molar-refractivity contribution in [1.82, 2.24) is 19.6 Å². The van der Waals surface area contributed by atoms with Crippen LogP contribution in [-0.4, -0.2) is 50.8 Å². The molecular formula is C26H32N4O3. The van der Waals surface area contributed by atoms with Gasteiger partial charge >= 0.3 is 0 Å². The second-order valence-corrected chi connectivity index (χ2v) is 9.58. The molecule has 1 unspecified atom stereocenters. The lowest BCUT2D eigenvalue weighted by atomic mass is 9.78. The van der Waals surface area contributed by atoms with E-state index in [0.29, 0.717) is 11.7 Å². The Morgan fingerprint density at radius 1 is 1.18 bits per heavy atom. The summed E-state index contributed by atoms with van der Waals surface area (Å²) in [5, 5.41) is 3.92. The van der Waals surface area contributed by atoms with Crippen molar-refractivity contribution >= 4 is 5.91 Å². The zero-order chi connectivity index (χ0) is 23.0. The van der Waals surface area contributed by atoms with E-state index in [1.807, 2.05) is 50.1 Å². The molecule has 7 heteroatoms. The van der Waals surface area contributed by atoms with Crippen LogP contribution in [0.3, 0.4) is 0 Å². The van der Waals surface area contributed by atoms with Crippen molar-refractivity contribution in [1.29, 1.82) is 0 Å². The zero-order valence-electron chi connectivity index (χ0n) is 19.7. The average Bonchev–Trinajstić information content (AvgIpc) is 3.37. The Hall–Kier alpha value is -2.93. The van der Waals surface area contributed by atoms with E-state index in [0.717, 1.165) is 80.2 Å². The highest BCUT2D eigenvalue weighted by Crippen LogP contribution is 2.39. The van der Waals surface area contributed by atoms with E-state index in [4.69, 9.17) is 9.26 Å². The molecule has 2 fully saturated rings. The van der Waals surface area contributed by atoms with Crippen molar-refractivity contribution in [2.75, 3.05) is 19.7 Å². The van der Waals surface area contributed by atoms with E-state index in [1.165, 1.54) is 0 Å². The fourth-order valence-electron chi connectivity index (χ4n) is 5.41. The largest absolute Gasteiger partial charge is 0.375 e. The lowest BCUT2D eigenvalue weighted by Gasteiger charge is -2.46. The number of ether oxygens (including phenoxy) is 1. The molecule has 1 aromatic carbocycles. The van der Waals surface area contributed by atoms with E-state index < -0.39 is 0 Å². The maximum atomic E-state index is 13.4. The van der Waals surface area contributed by atoms with Gasteiger partial charge in [0.15, 0.2) is 5.82 Å². The molecule has 2 aliphatic rings. The number of aryl methyl sites for hydroxylation is 1. The molecule has 5 rings (SSSR count). The van der Waals surface area contributed by atoms with Crippen LogP contribution >= 0.6 is 0 Å². The minimum Gasteiger partial charge on any atom is -0.375 e. The molecule has 1 atom stereocenters. The summed E-state index contributed by atoms with van der Waals surface area (Å²) in [6.07, 6.45) is 4.54. The third kappa shape index (κ3) is 4.34. The summed E-state index contributed by atoms with van der Waals surface area (Å²) in [6.45, 7) is 6.08. The van der Waals surface area contributed by atoms with E-state index >= 15 is 0 Å². The summed E-state index contributed by atoms with van der Waals surface area (Å²) in [5.74, 6) is 2.00. The quantitative estimate of drug-likeness (QED) is 0.594. The SMILES string of the molecule is Cc1noc(CC2CCOC3(CCN(C(=O)c4cc(-c5ccccc5)n(C)c4C)CC3)C2)n1. The summed E-state index contributed by atoms with van der Waals surface area (Å²) in [4.78, 5) is 19.8. The molecule has 4 heterocycles. The van der Waals surface area contributed by atoms with Crippen molar-refractivity contribution in [3.8, 4) is 11.3 Å². The molecule has 1 spiro atoms. The second-order valence-electron chi connectivity index (χ2n) is 9.58. The van der Waals surface area contributed by atoms with Gasteiger partial charge in [-0.2, -0.15) is 4.98 Å². The molecule has 2 saturated heterocycles. The molecule has 174 valence electrons. The van der Waals surface area contributed by atoms with Gasteiger partial charge in [-0.05, 0) is 57.1 Å². The van der Waals surface area contributed by atoms with Crippen molar-refractivity contribution in [3.63, 3.8) is 0 Å². The number of hydrogen-bond donors (Lipinski definition) is 0. The molecule has 33 heavy (non-hydrogen) atoms. The van der Waals surface area contributed by atoms with Gasteiger partial charge in [-0.25, -0.2) is 0 Å². The van der Waals surface area contributed by atoms with E-state index in [-0.39, 0.29) is 11.5 Å². The number of likely N-dealkylation sites (tertiary alicyclic amines) is 1. The first kappa shape index (κ1) is 21.9. The maximum Gasteiger partial charge on any atom is 0.255 e. The molecule has 0 saturated carbocycles. The van der Waals surface area contributed by atoms with Gasteiger partial charge < -0.3 is 18.7 Å². The van der Waals surface area contributed by atoms with Crippen molar-refractivity contribution in [2.24, 2.45) is 13.0 Å². The van der Waals surface area contributed by atoms with Gasteiger partial charge in [0.25, 0.3) is 5.91 Å². The van der Waals surface area contributed by atoms with Crippen LogP contribution in [0.4, 0.5) is 0 Å². The molecule has 1 amide bonds. The Kier molecular flexibility index (Phi) is 5.83. The lowest BCUT2D eigenvalue weighted by Crippen LogP contribution is -2.51. The Bertz CT molecular complexity index is 1130. The number of hydrogen-bond acceptors (Lipinski definition) is 5. The highest BCUT2D eigenvalue weighted by Gasteiger charge is 2.41. The van der Waals surface area contributed by atoms with Crippen LogP contribution in [0.15, 0.2) is 40.9 Å². The third-order valence-electron chi connectivity index (χ3n) is 7.43. The molecule has 2 aromatic heterocycles. The number of nitrogens with zero attached hydrogens (tertiary/aromatic N) is 4. The van der Waals surface area contributed by atoms with E-state index in [9.17, 15) is 4.79 Å². The third-order valence-corrected chi connectivity index (χ3v) is 7.43. The van der Waals surface area contributed by atoms with Gasteiger partial charge in [-0.15, -0.1) is 0 Å². The monoisotopic (exact) mass is 448 g/mol. The molecule has 7 nitrogen and oxygen atoms in total. The number of rotatable bonds is 4. The topological polar surface area (TPSA) is 73.4 Å². The first-order chi connectivity index (χ1) is 15.9. The fourth-order valence-corrected chi connectivity index (χ4v) is 5.41. The van der Waals surface area contributed by atoms with E-state index in [2.05, 4.69) is 26.8 Å². The van der Waals surface area contributed by atoms with Crippen LogP contribution in [0.2, 0.25) is 0 Å². The highest BCUT2D eigenvalue weighted by atomic mass is 16.5. The summed E-state index contributed by atoms with van der Waals surface area (Å²) < 4.78 is 13.8. The summed E-state index contributed by atoms with van der Waals surface area (Å²) >= 11 is 0. The summed E-state index contributed by atoms with van der Waals surface area (Å²) in [6, 6.07) is 12.3. The predicted molar refractivity (Wildman–Crippen MR) is 125 cm³/mol. The van der Waals surface area contributed by atoms with Gasteiger partial charge in [0.2, 0.25) is 5.89 Å². The Balaban J connectivity index is 1.25. The van der Waals surface area contributed by atoms with Gasteiger partial charge in [0.1, 0.15) is 0 Å². The summed E-state index contributed by atoms with van der Waals surface area (Å²) in [5.41, 5.74) is 3.84. The smallest absolute Gasteiger partial charge is 0.255 e. The van der Waals surface area contributed by atoms with Gasteiger partial charge in [-0.1, -0.05) is 35.5 Å². The molecule has 0 radical (unpaired) electrons. The molecule has 0 bridgehead atoms. The second kappa shape index (κ2) is 8.78. The minimum atomic E-state index is -0.143. The molecule has 3 aromatic rings. The predicted octanol–water partition coefficient (Wildman–Crippen LogP) is 4.34. The zero-order valence-corrected chi connectivity index (χ0v) is 19.7. The number of carbonyl (C=O) groups is 1. The van der Waals surface area contributed by atoms with Crippen LogP contribution in [0.25, 0.3) is 11.3 Å². The molecule has 0 N–H and O–H groups in total. The van der Waals surface area contributed by atoms with Crippen LogP contribution in [0, 0.1) is 19.8 Å². The number of carbonyl (C=O) groups excluding carboxylic acids is 1. The first-order valence-electron chi connectivity index (χ1n) is 11.9. The van der Waals surface area contributed by atoms with Gasteiger partial charge in [-0.3, -0.25) is 4.79 Å². The number of amides is 1. The molecule has 0 aliphatic carbocycles. The van der Waals surface area contributed by atoms with Crippen LogP contribution in [-0.2, 0) is 18.2 Å². The Morgan fingerprint density at radius 2 is 1.94 bits per heavy atom. The van der Waals surface area contributed by atoms with Gasteiger partial charge in [0, 0.05) is 44.6 Å². The highest BCUT2D eigenvalue weighted by molar-refractivity contribution is 5.97. The molecular weight excluding hydrogens is 416 g/mol. The van der Waals surface area contributed by atoms with Crippen LogP contribution < -0.4 is 0 Å². The minimum absolute atomic E-state index is 0.119. The standard InChI is InChI=1S/C26H32N4O3/c1-18-22(16-23(29(18)3)21-7-5-4-6-8-21)25(31)30-12-10-26(11-13-30)17-20(9-14-32-26)15-24-27-19(2)28-33-24/h4-8,16,20H,9-15,17H2,1-3H3. The maximum absolute atomic E-state index is 13.4. The normalized spacial score (nSPS) is 20.3.